The van der Waals surface area contributed by atoms with E-state index in [-0.39, 0.29) is 11.6 Å². The van der Waals surface area contributed by atoms with E-state index < -0.39 is 0 Å². The average Bonchev–Trinajstić information content (AvgIpc) is 2.68. The van der Waals surface area contributed by atoms with Crippen LogP contribution in [0.4, 0.5) is 0 Å². The van der Waals surface area contributed by atoms with Gasteiger partial charge in [0, 0.05) is 19.0 Å². The van der Waals surface area contributed by atoms with Crippen molar-refractivity contribution in [2.75, 3.05) is 13.7 Å². The van der Waals surface area contributed by atoms with E-state index in [1.54, 1.807) is 0 Å². The Hall–Kier alpha value is -0.930. The summed E-state index contributed by atoms with van der Waals surface area (Å²) in [6.07, 6.45) is 11.3. The maximum absolute atomic E-state index is 6.27. The molecule has 3 heteroatoms. The van der Waals surface area contributed by atoms with Crippen LogP contribution in [0.15, 0.2) is 24.5 Å². The van der Waals surface area contributed by atoms with Crippen molar-refractivity contribution in [3.63, 3.8) is 0 Å². The van der Waals surface area contributed by atoms with Gasteiger partial charge in [0.25, 0.3) is 0 Å². The summed E-state index contributed by atoms with van der Waals surface area (Å²) >= 11 is 0. The zero-order valence-corrected chi connectivity index (χ0v) is 12.2. The number of nitrogens with zero attached hydrogens (tertiary/aromatic N) is 1. The Morgan fingerprint density at radius 2 is 2.05 bits per heavy atom. The molecule has 106 valence electrons. The normalized spacial score (nSPS) is 20.7. The number of likely N-dealkylation sites (N-methyl/N-ethyl adjacent to an activating group) is 1. The van der Waals surface area contributed by atoms with Crippen molar-refractivity contribution < 1.29 is 4.74 Å². The van der Waals surface area contributed by atoms with Gasteiger partial charge in [-0.3, -0.25) is 4.98 Å². The molecule has 0 amide bonds. The molecule has 1 heterocycles. The third-order valence-corrected chi connectivity index (χ3v) is 4.21. The van der Waals surface area contributed by atoms with Crippen LogP contribution in [0, 0.1) is 0 Å². The zero-order valence-electron chi connectivity index (χ0n) is 12.2. The van der Waals surface area contributed by atoms with Crippen LogP contribution in [-0.4, -0.2) is 24.2 Å². The minimum absolute atomic E-state index is 0.0664. The van der Waals surface area contributed by atoms with Crippen molar-refractivity contribution in [3.05, 3.63) is 30.1 Å². The first-order chi connectivity index (χ1) is 9.32. The lowest BCUT2D eigenvalue weighted by Gasteiger charge is -2.40. The van der Waals surface area contributed by atoms with Crippen molar-refractivity contribution in [3.8, 4) is 0 Å². The van der Waals surface area contributed by atoms with Crippen molar-refractivity contribution in [1.29, 1.82) is 0 Å². The number of rotatable bonds is 5. The van der Waals surface area contributed by atoms with E-state index in [0.717, 1.165) is 19.4 Å². The fourth-order valence-corrected chi connectivity index (χ4v) is 3.41. The SMILES string of the molecule is CCOC1(C(NC)c2cccnc2)CCCCCC1. The topological polar surface area (TPSA) is 34.1 Å². The first kappa shape index (κ1) is 14.5. The molecule has 0 bridgehead atoms. The van der Waals surface area contributed by atoms with Gasteiger partial charge in [-0.25, -0.2) is 0 Å². The minimum atomic E-state index is -0.0664. The Labute approximate surface area is 116 Å². The van der Waals surface area contributed by atoms with Crippen molar-refractivity contribution in [2.45, 2.75) is 57.1 Å². The van der Waals surface area contributed by atoms with E-state index in [9.17, 15) is 0 Å². The molecule has 1 aromatic heterocycles. The van der Waals surface area contributed by atoms with Crippen LogP contribution in [0.25, 0.3) is 0 Å². The molecule has 1 fully saturated rings. The van der Waals surface area contributed by atoms with E-state index in [2.05, 4.69) is 23.3 Å². The molecule has 1 aliphatic rings. The van der Waals surface area contributed by atoms with E-state index >= 15 is 0 Å². The van der Waals surface area contributed by atoms with Crippen LogP contribution in [-0.2, 0) is 4.74 Å². The molecule has 2 rings (SSSR count). The van der Waals surface area contributed by atoms with Gasteiger partial charge in [0.1, 0.15) is 0 Å². The average molecular weight is 262 g/mol. The molecule has 0 aliphatic heterocycles. The molecule has 0 spiro atoms. The van der Waals surface area contributed by atoms with Crippen molar-refractivity contribution in [2.24, 2.45) is 0 Å². The highest BCUT2D eigenvalue weighted by Crippen LogP contribution is 2.40. The molecular formula is C16H26N2O. The van der Waals surface area contributed by atoms with Crippen LogP contribution in [0.5, 0.6) is 0 Å². The molecule has 1 aromatic rings. The molecule has 1 saturated carbocycles. The van der Waals surface area contributed by atoms with Gasteiger partial charge in [-0.1, -0.05) is 31.7 Å². The van der Waals surface area contributed by atoms with Gasteiger partial charge in [-0.2, -0.15) is 0 Å². The number of hydrogen-bond acceptors (Lipinski definition) is 3. The summed E-state index contributed by atoms with van der Waals surface area (Å²) in [7, 11) is 2.03. The van der Waals surface area contributed by atoms with Crippen molar-refractivity contribution in [1.82, 2.24) is 10.3 Å². The summed E-state index contributed by atoms with van der Waals surface area (Å²) in [4.78, 5) is 4.27. The number of pyridine rings is 1. The lowest BCUT2D eigenvalue weighted by Crippen LogP contribution is -2.45. The third kappa shape index (κ3) is 3.34. The fourth-order valence-electron chi connectivity index (χ4n) is 3.41. The van der Waals surface area contributed by atoms with E-state index in [1.807, 2.05) is 25.5 Å². The summed E-state index contributed by atoms with van der Waals surface area (Å²) in [5, 5.41) is 3.48. The highest BCUT2D eigenvalue weighted by atomic mass is 16.5. The summed E-state index contributed by atoms with van der Waals surface area (Å²) < 4.78 is 6.27. The molecule has 0 aromatic carbocycles. The second kappa shape index (κ2) is 7.01. The first-order valence-electron chi connectivity index (χ1n) is 7.53. The van der Waals surface area contributed by atoms with Crippen LogP contribution in [0.3, 0.4) is 0 Å². The maximum atomic E-state index is 6.27. The monoisotopic (exact) mass is 262 g/mol. The zero-order chi connectivity index (χ0) is 13.6. The van der Waals surface area contributed by atoms with Gasteiger partial charge >= 0.3 is 0 Å². The van der Waals surface area contributed by atoms with E-state index in [4.69, 9.17) is 4.74 Å². The predicted molar refractivity (Wildman–Crippen MR) is 78.1 cm³/mol. The van der Waals surface area contributed by atoms with Crippen molar-refractivity contribution >= 4 is 0 Å². The van der Waals surface area contributed by atoms with Gasteiger partial charge in [0.2, 0.25) is 0 Å². The van der Waals surface area contributed by atoms with Gasteiger partial charge in [0.05, 0.1) is 11.6 Å². The van der Waals surface area contributed by atoms with Crippen LogP contribution in [0.1, 0.15) is 57.1 Å². The quantitative estimate of drug-likeness (QED) is 0.825. The number of nitrogens with one attached hydrogen (secondary N) is 1. The summed E-state index contributed by atoms with van der Waals surface area (Å²) in [5.74, 6) is 0. The number of aromatic nitrogens is 1. The van der Waals surface area contributed by atoms with Gasteiger partial charge in [0.15, 0.2) is 0 Å². The fraction of sp³-hybridized carbons (Fsp3) is 0.688. The molecule has 0 radical (unpaired) electrons. The molecule has 1 unspecified atom stereocenters. The molecule has 3 nitrogen and oxygen atoms in total. The largest absolute Gasteiger partial charge is 0.373 e. The molecule has 1 N–H and O–H groups in total. The highest BCUT2D eigenvalue weighted by molar-refractivity contribution is 5.19. The molecule has 19 heavy (non-hydrogen) atoms. The Balaban J connectivity index is 2.29. The standard InChI is InChI=1S/C16H26N2O/c1-3-19-16(10-6-4-5-7-11-16)15(17-2)14-9-8-12-18-13-14/h8-9,12-13,15,17H,3-7,10-11H2,1-2H3. The van der Waals surface area contributed by atoms with Gasteiger partial charge in [-0.15, -0.1) is 0 Å². The summed E-state index contributed by atoms with van der Waals surface area (Å²) in [6.45, 7) is 2.88. The molecule has 1 atom stereocenters. The molecular weight excluding hydrogens is 236 g/mol. The van der Waals surface area contributed by atoms with E-state index in [0.29, 0.717) is 0 Å². The second-order valence-electron chi connectivity index (χ2n) is 5.42. The lowest BCUT2D eigenvalue weighted by molar-refractivity contribution is -0.0767. The number of hydrogen-bond donors (Lipinski definition) is 1. The minimum Gasteiger partial charge on any atom is -0.373 e. The Bertz CT molecular complexity index is 358. The number of ether oxygens (including phenoxy) is 1. The van der Waals surface area contributed by atoms with Crippen LogP contribution >= 0.6 is 0 Å². The Morgan fingerprint density at radius 3 is 2.58 bits per heavy atom. The summed E-state index contributed by atoms with van der Waals surface area (Å²) in [6, 6.07) is 4.40. The Kier molecular flexibility index (Phi) is 5.34. The lowest BCUT2D eigenvalue weighted by atomic mass is 9.82. The van der Waals surface area contributed by atoms with Crippen LogP contribution < -0.4 is 5.32 Å². The highest BCUT2D eigenvalue weighted by Gasteiger charge is 2.39. The second-order valence-corrected chi connectivity index (χ2v) is 5.42. The molecule has 1 aliphatic carbocycles. The predicted octanol–water partition coefficient (Wildman–Crippen LogP) is 3.47. The third-order valence-electron chi connectivity index (χ3n) is 4.21. The van der Waals surface area contributed by atoms with E-state index in [1.165, 1.54) is 31.2 Å². The smallest absolute Gasteiger partial charge is 0.0876 e. The maximum Gasteiger partial charge on any atom is 0.0876 e. The van der Waals surface area contributed by atoms with Gasteiger partial charge < -0.3 is 10.1 Å². The first-order valence-corrected chi connectivity index (χ1v) is 7.53. The van der Waals surface area contributed by atoms with Crippen LogP contribution in [0.2, 0.25) is 0 Å². The summed E-state index contributed by atoms with van der Waals surface area (Å²) in [5.41, 5.74) is 1.17. The Morgan fingerprint density at radius 1 is 1.32 bits per heavy atom. The van der Waals surface area contributed by atoms with Gasteiger partial charge in [-0.05, 0) is 38.4 Å². The molecule has 0 saturated heterocycles.